The first-order valence-electron chi connectivity index (χ1n) is 5.74. The van der Waals surface area contributed by atoms with Crippen LogP contribution in [0.5, 0.6) is 5.75 Å². The molecule has 3 heteroatoms. The summed E-state index contributed by atoms with van der Waals surface area (Å²) in [6.45, 7) is 2.46. The maximum absolute atomic E-state index is 9.51. The summed E-state index contributed by atoms with van der Waals surface area (Å²) in [5.41, 5.74) is 2.92. The number of rotatable bonds is 4. The van der Waals surface area contributed by atoms with Crippen molar-refractivity contribution < 1.29 is 9.94 Å². The van der Waals surface area contributed by atoms with E-state index in [1.807, 2.05) is 37.3 Å². The van der Waals surface area contributed by atoms with Gasteiger partial charge in [0, 0.05) is 5.56 Å². The zero-order valence-corrected chi connectivity index (χ0v) is 10.2. The normalized spacial score (nSPS) is 10.7. The van der Waals surface area contributed by atoms with Crippen molar-refractivity contribution in [1.82, 2.24) is 0 Å². The van der Waals surface area contributed by atoms with Crippen LogP contribution in [0.2, 0.25) is 0 Å². The molecule has 0 radical (unpaired) electrons. The Bertz CT molecular complexity index is 532. The molecule has 0 atom stereocenters. The lowest BCUT2D eigenvalue weighted by Crippen LogP contribution is -1.88. The van der Waals surface area contributed by atoms with Gasteiger partial charge in [-0.2, -0.15) is 0 Å². The molecule has 0 amide bonds. The summed E-state index contributed by atoms with van der Waals surface area (Å²) < 4.78 is 0. The quantitative estimate of drug-likeness (QED) is 0.659. The number of hydrogen-bond donors (Lipinski definition) is 1. The lowest BCUT2D eigenvalue weighted by Gasteiger charge is -2.00. The molecule has 0 saturated heterocycles. The number of aromatic hydroxyl groups is 1. The lowest BCUT2D eigenvalue weighted by molar-refractivity contribution is 0.132. The zero-order chi connectivity index (χ0) is 12.8. The van der Waals surface area contributed by atoms with E-state index in [1.54, 1.807) is 18.2 Å². The van der Waals surface area contributed by atoms with Crippen LogP contribution in [0.1, 0.15) is 16.7 Å². The predicted molar refractivity (Wildman–Crippen MR) is 71.7 cm³/mol. The highest BCUT2D eigenvalue weighted by Gasteiger charge is 1.95. The Balaban J connectivity index is 1.89. The third-order valence-electron chi connectivity index (χ3n) is 2.55. The Morgan fingerprint density at radius 1 is 1.11 bits per heavy atom. The van der Waals surface area contributed by atoms with E-state index in [0.717, 1.165) is 5.56 Å². The van der Waals surface area contributed by atoms with Gasteiger partial charge in [-0.15, -0.1) is 0 Å². The summed E-state index contributed by atoms with van der Waals surface area (Å²) in [5, 5.41) is 13.3. The van der Waals surface area contributed by atoms with Crippen LogP contribution in [0.3, 0.4) is 0 Å². The van der Waals surface area contributed by atoms with Gasteiger partial charge in [0.05, 0.1) is 6.21 Å². The second-order valence-corrected chi connectivity index (χ2v) is 4.05. The monoisotopic (exact) mass is 241 g/mol. The van der Waals surface area contributed by atoms with Gasteiger partial charge in [0.2, 0.25) is 0 Å². The van der Waals surface area contributed by atoms with Crippen molar-refractivity contribution in [3.05, 3.63) is 65.2 Å². The number of para-hydroxylation sites is 1. The predicted octanol–water partition coefficient (Wildman–Crippen LogP) is 3.25. The SMILES string of the molecule is Cc1ccc(CON=Cc2ccccc2O)cc1. The van der Waals surface area contributed by atoms with Crippen molar-refractivity contribution in [3.8, 4) is 5.75 Å². The molecule has 2 aromatic carbocycles. The van der Waals surface area contributed by atoms with E-state index in [1.165, 1.54) is 11.8 Å². The third-order valence-corrected chi connectivity index (χ3v) is 2.55. The number of hydrogen-bond acceptors (Lipinski definition) is 3. The smallest absolute Gasteiger partial charge is 0.142 e. The third kappa shape index (κ3) is 3.35. The van der Waals surface area contributed by atoms with Crippen LogP contribution in [0.15, 0.2) is 53.7 Å². The molecule has 2 rings (SSSR count). The summed E-state index contributed by atoms with van der Waals surface area (Å²) in [7, 11) is 0. The summed E-state index contributed by atoms with van der Waals surface area (Å²) >= 11 is 0. The minimum Gasteiger partial charge on any atom is -0.507 e. The molecular weight excluding hydrogens is 226 g/mol. The molecular formula is C15H15NO2. The Morgan fingerprint density at radius 3 is 2.56 bits per heavy atom. The number of phenolic OH excluding ortho intramolecular Hbond substituents is 1. The molecule has 2 aromatic rings. The number of phenols is 1. The molecule has 0 unspecified atom stereocenters. The van der Waals surface area contributed by atoms with Gasteiger partial charge >= 0.3 is 0 Å². The fraction of sp³-hybridized carbons (Fsp3) is 0.133. The fourth-order valence-corrected chi connectivity index (χ4v) is 1.49. The average molecular weight is 241 g/mol. The first-order valence-corrected chi connectivity index (χ1v) is 5.74. The molecule has 1 N–H and O–H groups in total. The minimum atomic E-state index is 0.195. The van der Waals surface area contributed by atoms with E-state index >= 15 is 0 Å². The van der Waals surface area contributed by atoms with Crippen LogP contribution >= 0.6 is 0 Å². The molecule has 92 valence electrons. The van der Waals surface area contributed by atoms with Gasteiger partial charge in [-0.25, -0.2) is 0 Å². The van der Waals surface area contributed by atoms with Crippen LogP contribution in [-0.4, -0.2) is 11.3 Å². The first kappa shape index (κ1) is 12.2. The maximum atomic E-state index is 9.51. The van der Waals surface area contributed by atoms with Gasteiger partial charge < -0.3 is 9.94 Å². The second-order valence-electron chi connectivity index (χ2n) is 4.05. The second kappa shape index (κ2) is 5.87. The maximum Gasteiger partial charge on any atom is 0.142 e. The Morgan fingerprint density at radius 2 is 1.83 bits per heavy atom. The molecule has 3 nitrogen and oxygen atoms in total. The molecule has 0 aliphatic carbocycles. The van der Waals surface area contributed by atoms with E-state index in [4.69, 9.17) is 4.84 Å². The molecule has 0 bridgehead atoms. The largest absolute Gasteiger partial charge is 0.507 e. The summed E-state index contributed by atoms with van der Waals surface area (Å²) in [6.07, 6.45) is 1.50. The molecule has 0 aliphatic rings. The van der Waals surface area contributed by atoms with Crippen LogP contribution in [0.25, 0.3) is 0 Å². The summed E-state index contributed by atoms with van der Waals surface area (Å²) in [4.78, 5) is 5.18. The first-order chi connectivity index (χ1) is 8.75. The van der Waals surface area contributed by atoms with Gasteiger partial charge in [0.25, 0.3) is 0 Å². The number of oxime groups is 1. The minimum absolute atomic E-state index is 0.195. The molecule has 0 saturated carbocycles. The van der Waals surface area contributed by atoms with E-state index in [0.29, 0.717) is 12.2 Å². The van der Waals surface area contributed by atoms with Crippen molar-refractivity contribution in [2.75, 3.05) is 0 Å². The summed E-state index contributed by atoms with van der Waals surface area (Å²) in [5.74, 6) is 0.195. The Hall–Kier alpha value is -2.29. The molecule has 0 fully saturated rings. The molecule has 0 spiro atoms. The Labute approximate surface area is 106 Å². The van der Waals surface area contributed by atoms with E-state index in [9.17, 15) is 5.11 Å². The van der Waals surface area contributed by atoms with Crippen molar-refractivity contribution in [1.29, 1.82) is 0 Å². The van der Waals surface area contributed by atoms with Crippen LogP contribution in [0, 0.1) is 6.92 Å². The van der Waals surface area contributed by atoms with Crippen LogP contribution in [0.4, 0.5) is 0 Å². The Kier molecular flexibility index (Phi) is 3.97. The van der Waals surface area contributed by atoms with Crippen molar-refractivity contribution >= 4 is 6.21 Å². The summed E-state index contributed by atoms with van der Waals surface area (Å²) in [6, 6.07) is 15.1. The lowest BCUT2D eigenvalue weighted by atomic mass is 10.2. The van der Waals surface area contributed by atoms with Gasteiger partial charge in [0.15, 0.2) is 0 Å². The molecule has 0 heterocycles. The average Bonchev–Trinajstić information content (AvgIpc) is 2.39. The van der Waals surface area contributed by atoms with Gasteiger partial charge in [0.1, 0.15) is 12.4 Å². The molecule has 18 heavy (non-hydrogen) atoms. The highest BCUT2D eigenvalue weighted by Crippen LogP contribution is 2.13. The number of aryl methyl sites for hydroxylation is 1. The van der Waals surface area contributed by atoms with Gasteiger partial charge in [-0.05, 0) is 24.6 Å². The van der Waals surface area contributed by atoms with Crippen molar-refractivity contribution in [2.45, 2.75) is 13.5 Å². The van der Waals surface area contributed by atoms with Gasteiger partial charge in [-0.1, -0.05) is 47.1 Å². The highest BCUT2D eigenvalue weighted by atomic mass is 16.6. The topological polar surface area (TPSA) is 41.8 Å². The van der Waals surface area contributed by atoms with Gasteiger partial charge in [-0.3, -0.25) is 0 Å². The van der Waals surface area contributed by atoms with E-state index < -0.39 is 0 Å². The van der Waals surface area contributed by atoms with Crippen LogP contribution in [-0.2, 0) is 11.4 Å². The van der Waals surface area contributed by atoms with Crippen molar-refractivity contribution in [3.63, 3.8) is 0 Å². The highest BCUT2D eigenvalue weighted by molar-refractivity contribution is 5.82. The van der Waals surface area contributed by atoms with E-state index in [-0.39, 0.29) is 5.75 Å². The standard InChI is InChI=1S/C15H15NO2/c1-12-6-8-13(9-7-12)11-18-16-10-14-4-2-3-5-15(14)17/h2-10,17H,11H2,1H3. The number of nitrogens with zero attached hydrogens (tertiary/aromatic N) is 1. The fourth-order valence-electron chi connectivity index (χ4n) is 1.49. The number of benzene rings is 2. The van der Waals surface area contributed by atoms with Crippen LogP contribution < -0.4 is 0 Å². The molecule has 0 aromatic heterocycles. The zero-order valence-electron chi connectivity index (χ0n) is 10.2. The van der Waals surface area contributed by atoms with E-state index in [2.05, 4.69) is 5.16 Å². The van der Waals surface area contributed by atoms with Crippen molar-refractivity contribution in [2.24, 2.45) is 5.16 Å². The molecule has 0 aliphatic heterocycles.